The highest BCUT2D eigenvalue weighted by Crippen LogP contribution is 2.33. The molecular weight excluding hydrogens is 372 g/mol. The molecule has 0 spiro atoms. The van der Waals surface area contributed by atoms with E-state index in [4.69, 9.17) is 11.6 Å². The molecule has 0 unspecified atom stereocenters. The summed E-state index contributed by atoms with van der Waals surface area (Å²) in [5.74, 6) is -0.210. The Balaban J connectivity index is 1.69. The van der Waals surface area contributed by atoms with Crippen molar-refractivity contribution in [3.63, 3.8) is 0 Å². The van der Waals surface area contributed by atoms with Crippen molar-refractivity contribution < 1.29 is 4.79 Å². The summed E-state index contributed by atoms with van der Waals surface area (Å²) in [7, 11) is 0. The van der Waals surface area contributed by atoms with Gasteiger partial charge in [-0.1, -0.05) is 41.9 Å². The maximum atomic E-state index is 12.5. The summed E-state index contributed by atoms with van der Waals surface area (Å²) in [4.78, 5) is 24.0. The van der Waals surface area contributed by atoms with Gasteiger partial charge in [-0.2, -0.15) is 0 Å². The van der Waals surface area contributed by atoms with Crippen LogP contribution in [0.1, 0.15) is 27.2 Å². The third-order valence-electron chi connectivity index (χ3n) is 4.87. The molecule has 28 heavy (non-hydrogen) atoms. The molecule has 0 aliphatic heterocycles. The number of nitrogens with zero attached hydrogens (tertiary/aromatic N) is 2. The fourth-order valence-electron chi connectivity index (χ4n) is 3.38. The summed E-state index contributed by atoms with van der Waals surface area (Å²) in [5.41, 5.74) is 6.30. The molecule has 2 aromatic carbocycles. The number of carbonyl (C=O) groups excluding carboxylic acids is 1. The number of halogens is 1. The van der Waals surface area contributed by atoms with Crippen LogP contribution in [-0.4, -0.2) is 20.9 Å². The highest BCUT2D eigenvalue weighted by atomic mass is 35.5. The van der Waals surface area contributed by atoms with Gasteiger partial charge in [-0.3, -0.25) is 4.79 Å². The molecule has 5 nitrogen and oxygen atoms in total. The lowest BCUT2D eigenvalue weighted by atomic mass is 10.1. The number of aromatic amines is 1. The van der Waals surface area contributed by atoms with Crippen molar-refractivity contribution in [3.05, 3.63) is 82.4 Å². The predicted molar refractivity (Wildman–Crippen MR) is 111 cm³/mol. The number of benzene rings is 2. The maximum absolute atomic E-state index is 12.5. The second-order valence-electron chi connectivity index (χ2n) is 6.68. The van der Waals surface area contributed by atoms with Crippen molar-refractivity contribution in [1.29, 1.82) is 0 Å². The van der Waals surface area contributed by atoms with Gasteiger partial charge in [0.15, 0.2) is 0 Å². The van der Waals surface area contributed by atoms with Gasteiger partial charge in [-0.25, -0.2) is 9.97 Å². The maximum Gasteiger partial charge on any atom is 0.254 e. The van der Waals surface area contributed by atoms with Gasteiger partial charge in [0.1, 0.15) is 6.33 Å². The number of amides is 1. The van der Waals surface area contributed by atoms with Crippen molar-refractivity contribution in [2.24, 2.45) is 0 Å². The van der Waals surface area contributed by atoms with Crippen molar-refractivity contribution in [2.75, 3.05) is 0 Å². The zero-order chi connectivity index (χ0) is 19.7. The van der Waals surface area contributed by atoms with Gasteiger partial charge < -0.3 is 10.3 Å². The lowest BCUT2D eigenvalue weighted by Gasteiger charge is -2.08. The Kier molecular flexibility index (Phi) is 4.84. The van der Waals surface area contributed by atoms with Crippen LogP contribution in [0.15, 0.2) is 55.0 Å². The molecule has 0 radical (unpaired) electrons. The molecule has 0 saturated heterocycles. The van der Waals surface area contributed by atoms with E-state index in [2.05, 4.69) is 39.3 Å². The highest BCUT2D eigenvalue weighted by Gasteiger charge is 2.15. The minimum Gasteiger partial charge on any atom is -0.354 e. The lowest BCUT2D eigenvalue weighted by molar-refractivity contribution is 0.0949. The van der Waals surface area contributed by atoms with E-state index >= 15 is 0 Å². The molecule has 6 heteroatoms. The Morgan fingerprint density at radius 1 is 1.18 bits per heavy atom. The zero-order valence-electron chi connectivity index (χ0n) is 15.6. The Labute approximate surface area is 167 Å². The molecule has 0 aliphatic rings. The smallest absolute Gasteiger partial charge is 0.254 e. The van der Waals surface area contributed by atoms with Gasteiger partial charge in [0, 0.05) is 28.8 Å². The Bertz CT molecular complexity index is 1170. The van der Waals surface area contributed by atoms with E-state index in [1.165, 1.54) is 12.5 Å². The van der Waals surface area contributed by atoms with Gasteiger partial charge >= 0.3 is 0 Å². The molecule has 0 bridgehead atoms. The highest BCUT2D eigenvalue weighted by molar-refractivity contribution is 6.31. The van der Waals surface area contributed by atoms with E-state index in [0.717, 1.165) is 33.3 Å². The Morgan fingerprint density at radius 2 is 1.96 bits per heavy atom. The first-order valence-electron chi connectivity index (χ1n) is 8.95. The zero-order valence-corrected chi connectivity index (χ0v) is 16.3. The van der Waals surface area contributed by atoms with E-state index in [0.29, 0.717) is 22.8 Å². The summed E-state index contributed by atoms with van der Waals surface area (Å²) in [6, 6.07) is 14.0. The number of H-pyrrole nitrogens is 1. The van der Waals surface area contributed by atoms with Crippen LogP contribution >= 0.6 is 11.6 Å². The summed E-state index contributed by atoms with van der Waals surface area (Å²) in [6.45, 7) is 4.21. The molecule has 0 atom stereocenters. The number of carbonyl (C=O) groups is 1. The van der Waals surface area contributed by atoms with Crippen LogP contribution in [0.25, 0.3) is 22.2 Å². The molecule has 0 fully saturated rings. The average molecular weight is 391 g/mol. The summed E-state index contributed by atoms with van der Waals surface area (Å²) in [6.07, 6.45) is 2.96. The normalized spacial score (nSPS) is 11.0. The van der Waals surface area contributed by atoms with Crippen molar-refractivity contribution in [2.45, 2.75) is 20.4 Å². The molecule has 1 amide bonds. The van der Waals surface area contributed by atoms with E-state index in [9.17, 15) is 4.79 Å². The van der Waals surface area contributed by atoms with Gasteiger partial charge in [-0.15, -0.1) is 0 Å². The standard InChI is InChI=1S/C22H19ClN4O/c1-13-18-9-17(23)8-16(10-25-22(28)19-11-24-12-26-14(19)2)21(18)27-20(13)15-6-4-3-5-7-15/h3-9,11-12,27H,10H2,1-2H3,(H,25,28). The van der Waals surface area contributed by atoms with Gasteiger partial charge in [0.25, 0.3) is 5.91 Å². The number of fused-ring (bicyclic) bond motifs is 1. The number of aryl methyl sites for hydroxylation is 2. The first kappa shape index (κ1) is 18.2. The first-order valence-corrected chi connectivity index (χ1v) is 9.33. The molecule has 4 aromatic rings. The molecule has 2 aromatic heterocycles. The van der Waals surface area contributed by atoms with E-state index < -0.39 is 0 Å². The largest absolute Gasteiger partial charge is 0.354 e. The third kappa shape index (κ3) is 3.37. The minimum atomic E-state index is -0.210. The second kappa shape index (κ2) is 7.44. The van der Waals surface area contributed by atoms with Gasteiger partial charge in [0.05, 0.1) is 16.8 Å². The van der Waals surface area contributed by atoms with Crippen LogP contribution in [0.4, 0.5) is 0 Å². The van der Waals surface area contributed by atoms with Crippen molar-refractivity contribution in [3.8, 4) is 11.3 Å². The quantitative estimate of drug-likeness (QED) is 0.524. The monoisotopic (exact) mass is 390 g/mol. The summed E-state index contributed by atoms with van der Waals surface area (Å²) < 4.78 is 0. The topological polar surface area (TPSA) is 70.7 Å². The third-order valence-corrected chi connectivity index (χ3v) is 5.09. The van der Waals surface area contributed by atoms with E-state index in [1.807, 2.05) is 30.3 Å². The first-order chi connectivity index (χ1) is 13.5. The Hall–Kier alpha value is -3.18. The number of hydrogen-bond acceptors (Lipinski definition) is 3. The summed E-state index contributed by atoms with van der Waals surface area (Å²) >= 11 is 6.36. The van der Waals surface area contributed by atoms with Crippen LogP contribution in [0.3, 0.4) is 0 Å². The molecular formula is C22H19ClN4O. The fourth-order valence-corrected chi connectivity index (χ4v) is 3.62. The van der Waals surface area contributed by atoms with Crippen LogP contribution < -0.4 is 5.32 Å². The number of hydrogen-bond donors (Lipinski definition) is 2. The van der Waals surface area contributed by atoms with Crippen LogP contribution in [-0.2, 0) is 6.54 Å². The molecule has 4 rings (SSSR count). The number of aromatic nitrogens is 3. The molecule has 2 heterocycles. The predicted octanol–water partition coefficient (Wildman–Crippen LogP) is 4.83. The van der Waals surface area contributed by atoms with Crippen LogP contribution in [0.2, 0.25) is 5.02 Å². The van der Waals surface area contributed by atoms with E-state index in [-0.39, 0.29) is 5.91 Å². The molecule has 0 saturated carbocycles. The number of nitrogens with one attached hydrogen (secondary N) is 2. The van der Waals surface area contributed by atoms with Gasteiger partial charge in [-0.05, 0) is 42.7 Å². The van der Waals surface area contributed by atoms with Crippen molar-refractivity contribution >= 4 is 28.4 Å². The average Bonchev–Trinajstić information content (AvgIpc) is 3.03. The van der Waals surface area contributed by atoms with Gasteiger partial charge in [0.2, 0.25) is 0 Å². The fraction of sp³-hybridized carbons (Fsp3) is 0.136. The van der Waals surface area contributed by atoms with E-state index in [1.54, 1.807) is 6.92 Å². The minimum absolute atomic E-state index is 0.210. The molecule has 0 aliphatic carbocycles. The van der Waals surface area contributed by atoms with Crippen LogP contribution in [0.5, 0.6) is 0 Å². The van der Waals surface area contributed by atoms with Crippen molar-refractivity contribution in [1.82, 2.24) is 20.3 Å². The Morgan fingerprint density at radius 3 is 2.71 bits per heavy atom. The second-order valence-corrected chi connectivity index (χ2v) is 7.12. The summed E-state index contributed by atoms with van der Waals surface area (Å²) in [5, 5.41) is 4.63. The molecule has 2 N–H and O–H groups in total. The lowest BCUT2D eigenvalue weighted by Crippen LogP contribution is -2.24. The van der Waals surface area contributed by atoms with Crippen LogP contribution in [0, 0.1) is 13.8 Å². The number of rotatable bonds is 4. The molecule has 140 valence electrons. The SMILES string of the molecule is Cc1ncncc1C(=O)NCc1cc(Cl)cc2c(C)c(-c3ccccc3)[nH]c12.